The Morgan fingerprint density at radius 3 is 2.76 bits per heavy atom. The summed E-state index contributed by atoms with van der Waals surface area (Å²) in [5.74, 6) is 4.05. The summed E-state index contributed by atoms with van der Waals surface area (Å²) in [6.07, 6.45) is 4.84. The van der Waals surface area contributed by atoms with E-state index in [-0.39, 0.29) is 12.0 Å². The van der Waals surface area contributed by atoms with E-state index in [0.29, 0.717) is 17.7 Å². The van der Waals surface area contributed by atoms with Crippen LogP contribution in [0.4, 0.5) is 0 Å². The number of nitrogens with zero attached hydrogens (tertiary/aromatic N) is 1. The van der Waals surface area contributed by atoms with E-state index < -0.39 is 0 Å². The van der Waals surface area contributed by atoms with Crippen molar-refractivity contribution in [3.8, 4) is 0 Å². The van der Waals surface area contributed by atoms with E-state index in [1.807, 2.05) is 11.8 Å². The highest BCUT2D eigenvalue weighted by atomic mass is 32.2. The van der Waals surface area contributed by atoms with Crippen LogP contribution in [0.2, 0.25) is 0 Å². The number of hydrogen-bond donors (Lipinski definition) is 1. The molecule has 2 bridgehead atoms. The van der Waals surface area contributed by atoms with Gasteiger partial charge in [0.2, 0.25) is 5.91 Å². The molecule has 3 aliphatic rings. The van der Waals surface area contributed by atoms with E-state index in [1.54, 1.807) is 0 Å². The fourth-order valence-corrected chi connectivity index (χ4v) is 4.77. The predicted molar refractivity (Wildman–Crippen MR) is 70.8 cm³/mol. The number of nitrogens with two attached hydrogens (primary N) is 1. The molecule has 1 saturated heterocycles. The molecular weight excluding hydrogens is 232 g/mol. The zero-order valence-electron chi connectivity index (χ0n) is 10.3. The molecule has 1 heterocycles. The standard InChI is InChI=1S/C13H22N2OS/c14-12-10-3-2-9(8-10)11(12)13(16)15-4-1-6-17-7-5-15/h9-12H,1-8,14H2. The first-order valence-electron chi connectivity index (χ1n) is 6.89. The lowest BCUT2D eigenvalue weighted by atomic mass is 9.84. The van der Waals surface area contributed by atoms with Crippen molar-refractivity contribution in [3.63, 3.8) is 0 Å². The number of amides is 1. The molecular formula is C13H22N2OS. The van der Waals surface area contributed by atoms with Crippen molar-refractivity contribution in [2.75, 3.05) is 24.6 Å². The molecule has 0 spiro atoms. The molecule has 3 nitrogen and oxygen atoms in total. The summed E-state index contributed by atoms with van der Waals surface area (Å²) in [5.41, 5.74) is 6.26. The quantitative estimate of drug-likeness (QED) is 0.768. The minimum Gasteiger partial charge on any atom is -0.342 e. The third-order valence-electron chi connectivity index (χ3n) is 4.80. The number of carbonyl (C=O) groups is 1. The number of fused-ring (bicyclic) bond motifs is 2. The molecule has 2 N–H and O–H groups in total. The first-order valence-corrected chi connectivity index (χ1v) is 8.05. The van der Waals surface area contributed by atoms with E-state index in [1.165, 1.54) is 25.0 Å². The van der Waals surface area contributed by atoms with E-state index in [2.05, 4.69) is 4.90 Å². The van der Waals surface area contributed by atoms with Gasteiger partial charge < -0.3 is 10.6 Å². The number of rotatable bonds is 1. The summed E-state index contributed by atoms with van der Waals surface area (Å²) in [7, 11) is 0. The van der Waals surface area contributed by atoms with Crippen molar-refractivity contribution in [2.24, 2.45) is 23.5 Å². The number of hydrogen-bond acceptors (Lipinski definition) is 3. The van der Waals surface area contributed by atoms with Crippen molar-refractivity contribution >= 4 is 17.7 Å². The molecule has 4 unspecified atom stereocenters. The second-order valence-corrected chi connectivity index (χ2v) is 6.95. The van der Waals surface area contributed by atoms with E-state index in [4.69, 9.17) is 5.73 Å². The maximum atomic E-state index is 12.6. The number of carbonyl (C=O) groups excluding carboxylic acids is 1. The largest absolute Gasteiger partial charge is 0.342 e. The smallest absolute Gasteiger partial charge is 0.227 e. The lowest BCUT2D eigenvalue weighted by Gasteiger charge is -2.32. The summed E-state index contributed by atoms with van der Waals surface area (Å²) in [5, 5.41) is 0. The summed E-state index contributed by atoms with van der Waals surface area (Å²) >= 11 is 1.97. The monoisotopic (exact) mass is 254 g/mol. The minimum absolute atomic E-state index is 0.150. The molecule has 1 aliphatic heterocycles. The first-order chi connectivity index (χ1) is 8.27. The van der Waals surface area contributed by atoms with Crippen LogP contribution in [0.3, 0.4) is 0 Å². The Labute approximate surface area is 107 Å². The van der Waals surface area contributed by atoms with Crippen molar-refractivity contribution in [1.82, 2.24) is 4.90 Å². The van der Waals surface area contributed by atoms with Crippen LogP contribution >= 0.6 is 11.8 Å². The van der Waals surface area contributed by atoms with Crippen molar-refractivity contribution < 1.29 is 4.79 Å². The second kappa shape index (κ2) is 4.81. The van der Waals surface area contributed by atoms with Gasteiger partial charge in [-0.3, -0.25) is 4.79 Å². The van der Waals surface area contributed by atoms with Gasteiger partial charge in [-0.1, -0.05) is 0 Å². The van der Waals surface area contributed by atoms with Crippen LogP contribution in [0.5, 0.6) is 0 Å². The van der Waals surface area contributed by atoms with Crippen molar-refractivity contribution in [3.05, 3.63) is 0 Å². The highest BCUT2D eigenvalue weighted by Gasteiger charge is 2.50. The molecule has 96 valence electrons. The molecule has 3 rings (SSSR count). The van der Waals surface area contributed by atoms with Crippen LogP contribution in [0.25, 0.3) is 0 Å². The van der Waals surface area contributed by atoms with Gasteiger partial charge >= 0.3 is 0 Å². The fraction of sp³-hybridized carbons (Fsp3) is 0.923. The van der Waals surface area contributed by atoms with E-state index >= 15 is 0 Å². The zero-order chi connectivity index (χ0) is 11.8. The van der Waals surface area contributed by atoms with Crippen LogP contribution in [0, 0.1) is 17.8 Å². The van der Waals surface area contributed by atoms with Crippen LogP contribution in [-0.4, -0.2) is 41.4 Å². The third-order valence-corrected chi connectivity index (χ3v) is 5.85. The Balaban J connectivity index is 1.69. The summed E-state index contributed by atoms with van der Waals surface area (Å²) in [6, 6.07) is 0.150. The minimum atomic E-state index is 0.150. The van der Waals surface area contributed by atoms with Gasteiger partial charge in [0.05, 0.1) is 5.92 Å². The second-order valence-electron chi connectivity index (χ2n) is 5.73. The molecule has 2 aliphatic carbocycles. The first kappa shape index (κ1) is 11.8. The highest BCUT2D eigenvalue weighted by Crippen LogP contribution is 2.48. The Morgan fingerprint density at radius 1 is 1.18 bits per heavy atom. The topological polar surface area (TPSA) is 46.3 Å². The van der Waals surface area contributed by atoms with Gasteiger partial charge in [-0.15, -0.1) is 0 Å². The van der Waals surface area contributed by atoms with E-state index in [0.717, 1.165) is 25.3 Å². The zero-order valence-corrected chi connectivity index (χ0v) is 11.1. The lowest BCUT2D eigenvalue weighted by molar-refractivity contribution is -0.137. The average molecular weight is 254 g/mol. The van der Waals surface area contributed by atoms with Gasteiger partial charge in [-0.05, 0) is 43.3 Å². The Hall–Kier alpha value is -0.220. The van der Waals surface area contributed by atoms with Crippen LogP contribution in [-0.2, 0) is 4.79 Å². The maximum absolute atomic E-state index is 12.6. The normalized spacial score (nSPS) is 41.6. The molecule has 0 radical (unpaired) electrons. The van der Waals surface area contributed by atoms with Gasteiger partial charge in [0.1, 0.15) is 0 Å². The fourth-order valence-electron chi connectivity index (χ4n) is 3.88. The van der Waals surface area contributed by atoms with Gasteiger partial charge in [0, 0.05) is 24.9 Å². The molecule has 4 heteroatoms. The average Bonchev–Trinajstić information content (AvgIpc) is 2.79. The molecule has 2 saturated carbocycles. The third kappa shape index (κ3) is 2.10. The molecule has 0 aromatic heterocycles. The van der Waals surface area contributed by atoms with Gasteiger partial charge in [0.25, 0.3) is 0 Å². The predicted octanol–water partition coefficient (Wildman–Crippen LogP) is 1.33. The summed E-state index contributed by atoms with van der Waals surface area (Å²) in [4.78, 5) is 14.7. The number of thioether (sulfide) groups is 1. The summed E-state index contributed by atoms with van der Waals surface area (Å²) < 4.78 is 0. The Morgan fingerprint density at radius 2 is 2.00 bits per heavy atom. The SMILES string of the molecule is NC1C2CCC(C2)C1C(=O)N1CCCSCC1. The van der Waals surface area contributed by atoms with Crippen molar-refractivity contribution in [2.45, 2.75) is 31.7 Å². The molecule has 1 amide bonds. The van der Waals surface area contributed by atoms with Gasteiger partial charge in [-0.25, -0.2) is 0 Å². The molecule has 17 heavy (non-hydrogen) atoms. The Kier molecular flexibility index (Phi) is 3.35. The lowest BCUT2D eigenvalue weighted by Crippen LogP contribution is -2.47. The van der Waals surface area contributed by atoms with Crippen LogP contribution < -0.4 is 5.73 Å². The Bertz CT molecular complexity index is 300. The van der Waals surface area contributed by atoms with Crippen LogP contribution in [0.15, 0.2) is 0 Å². The van der Waals surface area contributed by atoms with Gasteiger partial charge in [-0.2, -0.15) is 11.8 Å². The molecule has 3 fully saturated rings. The molecule has 4 atom stereocenters. The maximum Gasteiger partial charge on any atom is 0.227 e. The van der Waals surface area contributed by atoms with Gasteiger partial charge in [0.15, 0.2) is 0 Å². The summed E-state index contributed by atoms with van der Waals surface area (Å²) in [6.45, 7) is 1.89. The van der Waals surface area contributed by atoms with Crippen molar-refractivity contribution in [1.29, 1.82) is 0 Å². The van der Waals surface area contributed by atoms with Crippen LogP contribution in [0.1, 0.15) is 25.7 Å². The van der Waals surface area contributed by atoms with E-state index in [9.17, 15) is 4.79 Å². The molecule has 0 aromatic rings. The molecule has 0 aromatic carbocycles. The highest BCUT2D eigenvalue weighted by molar-refractivity contribution is 7.99.